The minimum absolute atomic E-state index is 0.0180. The summed E-state index contributed by atoms with van der Waals surface area (Å²) in [6.45, 7) is 22.3. The fourth-order valence-electron chi connectivity index (χ4n) is 16.9. The van der Waals surface area contributed by atoms with Gasteiger partial charge in [0.2, 0.25) is 5.91 Å². The van der Waals surface area contributed by atoms with Crippen LogP contribution in [0.2, 0.25) is 0 Å². The van der Waals surface area contributed by atoms with Gasteiger partial charge >= 0.3 is 12.0 Å². The first-order valence-corrected chi connectivity index (χ1v) is 27.6. The van der Waals surface area contributed by atoms with Crippen LogP contribution in [0.3, 0.4) is 0 Å². The summed E-state index contributed by atoms with van der Waals surface area (Å²) in [5, 5.41) is 33.2. The number of esters is 1. The third kappa shape index (κ3) is 9.08. The van der Waals surface area contributed by atoms with Crippen LogP contribution in [-0.4, -0.2) is 158 Å². The fourth-order valence-corrected chi connectivity index (χ4v) is 18.4. The molecule has 9 aliphatic rings. The highest BCUT2D eigenvalue weighted by atomic mass is 32.2. The number of rotatable bonds is 19. The van der Waals surface area contributed by atoms with E-state index in [1.165, 1.54) is 19.8 Å². The van der Waals surface area contributed by atoms with E-state index in [9.17, 15) is 24.6 Å². The van der Waals surface area contributed by atoms with Gasteiger partial charge in [0.1, 0.15) is 0 Å². The van der Waals surface area contributed by atoms with Crippen LogP contribution in [0.25, 0.3) is 0 Å². The third-order valence-electron chi connectivity index (χ3n) is 20.1. The molecule has 0 aromatic rings. The van der Waals surface area contributed by atoms with Crippen molar-refractivity contribution in [2.75, 3.05) is 65.0 Å². The van der Waals surface area contributed by atoms with Gasteiger partial charge in [0, 0.05) is 55.9 Å². The number of unbranched alkanes of at least 4 members (excludes halogenated alkanes) is 1. The van der Waals surface area contributed by atoms with Gasteiger partial charge in [-0.25, -0.2) is 4.79 Å². The molecule has 4 aliphatic heterocycles. The molecule has 3 amide bonds. The van der Waals surface area contributed by atoms with Crippen LogP contribution in [0.4, 0.5) is 4.79 Å². The Bertz CT molecular complexity index is 1840. The molecular weight excluding hydrogens is 889 g/mol. The summed E-state index contributed by atoms with van der Waals surface area (Å²) in [7, 11) is 0. The lowest BCUT2D eigenvalue weighted by atomic mass is 9.41. The Hall–Kier alpha value is -1.76. The predicted octanol–water partition coefficient (Wildman–Crippen LogP) is 5.42. The van der Waals surface area contributed by atoms with Crippen LogP contribution < -0.4 is 16.0 Å². The molecule has 9 rings (SSSR count). The molecule has 386 valence electrons. The lowest BCUT2D eigenvalue weighted by molar-refractivity contribution is -0.249. The monoisotopic (exact) mass is 975 g/mol. The molecule has 9 fully saturated rings. The van der Waals surface area contributed by atoms with Crippen LogP contribution in [0.5, 0.6) is 0 Å². The molecule has 5 N–H and O–H groups in total. The molecule has 4 saturated heterocycles. The second kappa shape index (κ2) is 19.6. The van der Waals surface area contributed by atoms with Gasteiger partial charge < -0.3 is 54.6 Å². The van der Waals surface area contributed by atoms with Gasteiger partial charge in [0.25, 0.3) is 0 Å². The molecule has 0 bridgehead atoms. The quantitative estimate of drug-likeness (QED) is 0.0629. The number of morpholine rings is 1. The molecule has 68 heavy (non-hydrogen) atoms. The van der Waals surface area contributed by atoms with Crippen LogP contribution in [0, 0.1) is 50.7 Å². The summed E-state index contributed by atoms with van der Waals surface area (Å²) in [5.41, 5.74) is -1.22. The summed E-state index contributed by atoms with van der Waals surface area (Å²) in [6, 6.07) is 0.397. The first-order valence-electron chi connectivity index (χ1n) is 26.6. The number of aliphatic hydroxyl groups is 2. The highest BCUT2D eigenvalue weighted by Gasteiger charge is 2.84. The molecule has 4 heterocycles. The molecule has 5 aliphatic carbocycles. The van der Waals surface area contributed by atoms with Gasteiger partial charge in [-0.1, -0.05) is 41.0 Å². The van der Waals surface area contributed by atoms with E-state index in [4.69, 9.17) is 28.4 Å². The molecular formula is C52H86N4O11S. The molecule has 5 saturated carbocycles. The average Bonchev–Trinajstić information content (AvgIpc) is 3.47. The van der Waals surface area contributed by atoms with E-state index in [0.717, 1.165) is 76.8 Å². The van der Waals surface area contributed by atoms with Crippen LogP contribution in [0.15, 0.2) is 0 Å². The second-order valence-electron chi connectivity index (χ2n) is 24.4. The van der Waals surface area contributed by atoms with Crippen molar-refractivity contribution >= 4 is 29.7 Å². The highest BCUT2D eigenvalue weighted by molar-refractivity contribution is 8.00. The zero-order valence-electron chi connectivity index (χ0n) is 42.5. The minimum Gasteiger partial charge on any atom is -0.457 e. The first kappa shape index (κ1) is 51.2. The second-order valence-corrected chi connectivity index (χ2v) is 25.7. The van der Waals surface area contributed by atoms with Gasteiger partial charge in [-0.05, 0) is 123 Å². The molecule has 0 aromatic carbocycles. The van der Waals surface area contributed by atoms with E-state index in [0.29, 0.717) is 69.5 Å². The van der Waals surface area contributed by atoms with Crippen LogP contribution in [-0.2, 0) is 38.0 Å². The Balaban J connectivity index is 0.695. The van der Waals surface area contributed by atoms with Crippen molar-refractivity contribution in [3.05, 3.63) is 0 Å². The number of aliphatic hydroxyl groups excluding tert-OH is 1. The number of fused-ring (bicyclic) bond motifs is 5. The number of hydrogen-bond donors (Lipinski definition) is 5. The number of amides is 3. The van der Waals surface area contributed by atoms with E-state index in [1.807, 2.05) is 11.8 Å². The van der Waals surface area contributed by atoms with Gasteiger partial charge in [0.15, 0.2) is 12.4 Å². The zero-order chi connectivity index (χ0) is 48.4. The number of ether oxygens (including phenoxy) is 6. The van der Waals surface area contributed by atoms with E-state index < -0.39 is 29.9 Å². The fraction of sp³-hybridized carbons (Fsp3) is 0.942. The molecule has 2 unspecified atom stereocenters. The predicted molar refractivity (Wildman–Crippen MR) is 258 cm³/mol. The lowest BCUT2D eigenvalue weighted by Crippen LogP contribution is -2.60. The van der Waals surface area contributed by atoms with E-state index in [2.05, 4.69) is 55.5 Å². The van der Waals surface area contributed by atoms with E-state index >= 15 is 0 Å². The Morgan fingerprint density at radius 2 is 1.75 bits per heavy atom. The molecule has 16 heteroatoms. The minimum atomic E-state index is -1.28. The van der Waals surface area contributed by atoms with Crippen molar-refractivity contribution in [2.45, 2.75) is 192 Å². The Morgan fingerprint density at radius 1 is 1.00 bits per heavy atom. The number of nitrogens with one attached hydrogen (secondary N) is 3. The smallest absolute Gasteiger partial charge is 0.315 e. The van der Waals surface area contributed by atoms with Crippen LogP contribution >= 0.6 is 11.8 Å². The van der Waals surface area contributed by atoms with Crippen molar-refractivity contribution in [3.63, 3.8) is 0 Å². The highest BCUT2D eigenvalue weighted by Crippen LogP contribution is 2.89. The van der Waals surface area contributed by atoms with Crippen LogP contribution in [0.1, 0.15) is 132 Å². The summed E-state index contributed by atoms with van der Waals surface area (Å²) < 4.78 is 37.6. The number of urea groups is 1. The van der Waals surface area contributed by atoms with Crippen molar-refractivity contribution in [1.82, 2.24) is 20.9 Å². The standard InChI is InChI=1S/C52H86N4O11S/c1-31-27-34(45(48(5,6)61)65-32(2)57)66-43-41(31)49(7)17-18-52-30-51(52)16-15-38(47(3,4)36(51)13-14-37(52)50(49,8)44(43)59)67-40-28-56(21-24-64-40)20-23-63-26-25-62-22-19-53-39(58)12-10-9-11-35-42-33(29-68-35)54-46(60)55-42/h31,33-38,40-45,59,61H,9-30H2,1-8H3,(H,53,58)(H2,54,55,60)/t31-,33?,34-,35+,36+,37+,38+,40+,41+,42?,43+,44+,45+,49-,50-,51-,52+/m1/s1. The number of hydrogen-bond acceptors (Lipinski definition) is 13. The Kier molecular flexibility index (Phi) is 14.7. The number of thioether (sulfide) groups is 1. The van der Waals surface area contributed by atoms with Gasteiger partial charge in [-0.3, -0.25) is 14.5 Å². The van der Waals surface area contributed by atoms with Gasteiger partial charge in [-0.2, -0.15) is 11.8 Å². The summed E-state index contributed by atoms with van der Waals surface area (Å²) >= 11 is 1.91. The average molecular weight is 975 g/mol. The maximum absolute atomic E-state index is 12.7. The zero-order valence-corrected chi connectivity index (χ0v) is 43.3. The lowest BCUT2D eigenvalue weighted by Gasteiger charge is -2.64. The topological polar surface area (TPSA) is 186 Å². The van der Waals surface area contributed by atoms with E-state index in [1.54, 1.807) is 13.8 Å². The molecule has 0 aromatic heterocycles. The molecule has 17 atom stereocenters. The summed E-state index contributed by atoms with van der Waals surface area (Å²) in [6.07, 6.45) is 9.50. The number of carbonyl (C=O) groups excluding carboxylic acids is 3. The Labute approximate surface area is 410 Å². The largest absolute Gasteiger partial charge is 0.457 e. The van der Waals surface area contributed by atoms with Crippen molar-refractivity contribution in [1.29, 1.82) is 0 Å². The van der Waals surface area contributed by atoms with E-state index in [-0.39, 0.29) is 81.4 Å². The molecule has 15 nitrogen and oxygen atoms in total. The summed E-state index contributed by atoms with van der Waals surface area (Å²) in [4.78, 5) is 38.5. The maximum atomic E-state index is 12.7. The number of nitrogens with zero attached hydrogens (tertiary/aromatic N) is 1. The molecule has 2 spiro atoms. The molecule has 0 radical (unpaired) electrons. The third-order valence-corrected chi connectivity index (χ3v) is 21.6. The maximum Gasteiger partial charge on any atom is 0.315 e. The van der Waals surface area contributed by atoms with Crippen molar-refractivity contribution in [3.8, 4) is 0 Å². The SMILES string of the molecule is CC(=O)O[C@@H]([C@H]1C[C@@H](C)[C@H]2[C@H](O1)[C@H](O)[C@@]1(C)[C@@H]3CC[C@H]4C(C)(C)[C@@H](O[C@H]5CN(CCOCCOCCNC(=O)CCCC[C@@H]6SCC7NC(=O)NC76)CCO5)CC[C@@]45C[C@@]35CC[C@]21C)C(C)(C)O. The van der Waals surface area contributed by atoms with Gasteiger partial charge in [-0.15, -0.1) is 0 Å². The van der Waals surface area contributed by atoms with Crippen molar-refractivity contribution in [2.24, 2.45) is 50.7 Å². The summed E-state index contributed by atoms with van der Waals surface area (Å²) in [5.74, 6) is 1.97. The Morgan fingerprint density at radius 3 is 2.51 bits per heavy atom. The van der Waals surface area contributed by atoms with Crippen molar-refractivity contribution < 1.29 is 53.0 Å². The normalized spacial score (nSPS) is 43.9. The number of carbonyl (C=O) groups is 3. The van der Waals surface area contributed by atoms with Gasteiger partial charge in [0.05, 0.1) is 75.1 Å². The first-order chi connectivity index (χ1) is 32.2.